The lowest BCUT2D eigenvalue weighted by Gasteiger charge is -2.31. The summed E-state index contributed by atoms with van der Waals surface area (Å²) in [7, 11) is -3.01. The maximum atomic E-state index is 13.8. The van der Waals surface area contributed by atoms with Gasteiger partial charge in [-0.1, -0.05) is 38.8 Å². The zero-order chi connectivity index (χ0) is 30.7. The van der Waals surface area contributed by atoms with Crippen LogP contribution >= 0.6 is 0 Å². The summed E-state index contributed by atoms with van der Waals surface area (Å²) in [5.74, 6) is -1.02. The SMILES string of the molecule is CC(C)[C@@H](C#N)NC(=O)[C@@H]1CCCC[C@H]1c1nn(-c2ccc(F)cc2)c(CO)c1-c1ccc(N2CCS(=O)(=O)CC2)cc1. The van der Waals surface area contributed by atoms with Crippen LogP contribution in [0, 0.1) is 29.0 Å². The van der Waals surface area contributed by atoms with Crippen molar-refractivity contribution in [2.45, 2.75) is 58.1 Å². The Morgan fingerprint density at radius 2 is 1.70 bits per heavy atom. The van der Waals surface area contributed by atoms with Gasteiger partial charge in [-0.3, -0.25) is 4.79 Å². The fourth-order valence-corrected chi connectivity index (χ4v) is 7.38. The molecule has 1 aromatic heterocycles. The number of rotatable bonds is 8. The number of hydrogen-bond acceptors (Lipinski definition) is 7. The number of hydrogen-bond donors (Lipinski definition) is 2. The van der Waals surface area contributed by atoms with Crippen LogP contribution in [0.15, 0.2) is 48.5 Å². The number of anilines is 1. The van der Waals surface area contributed by atoms with Crippen molar-refractivity contribution in [2.75, 3.05) is 29.5 Å². The highest BCUT2D eigenvalue weighted by atomic mass is 32.2. The summed E-state index contributed by atoms with van der Waals surface area (Å²) in [6.45, 7) is 4.31. The molecule has 3 atom stereocenters. The molecule has 0 bridgehead atoms. The predicted octanol–water partition coefficient (Wildman–Crippen LogP) is 4.34. The summed E-state index contributed by atoms with van der Waals surface area (Å²) in [4.78, 5) is 15.6. The van der Waals surface area contributed by atoms with Gasteiger partial charge in [-0.05, 0) is 60.7 Å². The van der Waals surface area contributed by atoms with E-state index in [0.29, 0.717) is 36.6 Å². The van der Waals surface area contributed by atoms with Gasteiger partial charge < -0.3 is 15.3 Å². The number of aliphatic hydroxyl groups is 1. The molecule has 2 aliphatic rings. The van der Waals surface area contributed by atoms with Gasteiger partial charge in [0.25, 0.3) is 0 Å². The monoisotopic (exact) mass is 607 g/mol. The normalized spacial score (nSPS) is 20.9. The van der Waals surface area contributed by atoms with E-state index in [1.165, 1.54) is 12.1 Å². The smallest absolute Gasteiger partial charge is 0.224 e. The van der Waals surface area contributed by atoms with Crippen molar-refractivity contribution in [3.63, 3.8) is 0 Å². The molecule has 3 aromatic rings. The van der Waals surface area contributed by atoms with Crippen LogP contribution in [0.5, 0.6) is 0 Å². The summed E-state index contributed by atoms with van der Waals surface area (Å²) in [6, 6.07) is 15.3. The Kier molecular flexibility index (Phi) is 9.18. The molecule has 43 heavy (non-hydrogen) atoms. The molecule has 2 fully saturated rings. The highest BCUT2D eigenvalue weighted by Gasteiger charge is 2.38. The number of aromatic nitrogens is 2. The summed E-state index contributed by atoms with van der Waals surface area (Å²) < 4.78 is 39.3. The minimum atomic E-state index is -3.01. The zero-order valence-electron chi connectivity index (χ0n) is 24.5. The van der Waals surface area contributed by atoms with Crippen LogP contribution in [0.1, 0.15) is 56.8 Å². The van der Waals surface area contributed by atoms with Gasteiger partial charge in [-0.25, -0.2) is 17.5 Å². The molecule has 11 heteroatoms. The van der Waals surface area contributed by atoms with Crippen molar-refractivity contribution in [1.29, 1.82) is 5.26 Å². The van der Waals surface area contributed by atoms with E-state index in [2.05, 4.69) is 11.4 Å². The minimum Gasteiger partial charge on any atom is -0.390 e. The number of aliphatic hydroxyl groups excluding tert-OH is 1. The molecule has 228 valence electrons. The fraction of sp³-hybridized carbons (Fsp3) is 0.469. The van der Waals surface area contributed by atoms with E-state index in [0.717, 1.165) is 36.1 Å². The van der Waals surface area contributed by atoms with Gasteiger partial charge in [0.15, 0.2) is 9.84 Å². The average molecular weight is 608 g/mol. The number of sulfone groups is 1. The van der Waals surface area contributed by atoms with Crippen LogP contribution in [0.25, 0.3) is 16.8 Å². The number of carbonyl (C=O) groups is 1. The Morgan fingerprint density at radius 3 is 2.30 bits per heavy atom. The van der Waals surface area contributed by atoms with E-state index in [1.807, 2.05) is 43.0 Å². The van der Waals surface area contributed by atoms with Crippen molar-refractivity contribution in [2.24, 2.45) is 11.8 Å². The molecule has 9 nitrogen and oxygen atoms in total. The highest BCUT2D eigenvalue weighted by molar-refractivity contribution is 7.91. The van der Waals surface area contributed by atoms with Gasteiger partial charge in [0.1, 0.15) is 11.9 Å². The van der Waals surface area contributed by atoms with Crippen LogP contribution in [-0.2, 0) is 21.2 Å². The second-order valence-electron chi connectivity index (χ2n) is 11.8. The number of halogens is 1. The third-order valence-corrected chi connectivity index (χ3v) is 10.3. The topological polar surface area (TPSA) is 128 Å². The molecule has 2 N–H and O–H groups in total. The van der Waals surface area contributed by atoms with E-state index in [-0.39, 0.29) is 41.7 Å². The maximum Gasteiger partial charge on any atom is 0.224 e. The number of nitriles is 1. The van der Waals surface area contributed by atoms with Crippen LogP contribution in [-0.4, -0.2) is 59.8 Å². The first-order valence-electron chi connectivity index (χ1n) is 14.9. The number of amides is 1. The lowest BCUT2D eigenvalue weighted by Crippen LogP contribution is -2.43. The van der Waals surface area contributed by atoms with Crippen molar-refractivity contribution in [3.05, 3.63) is 65.7 Å². The lowest BCUT2D eigenvalue weighted by atomic mass is 9.75. The molecule has 1 amide bonds. The first kappa shape index (κ1) is 30.7. The zero-order valence-corrected chi connectivity index (χ0v) is 25.4. The second kappa shape index (κ2) is 12.9. The first-order valence-corrected chi connectivity index (χ1v) is 16.7. The summed E-state index contributed by atoms with van der Waals surface area (Å²) >= 11 is 0. The molecule has 1 aliphatic heterocycles. The summed E-state index contributed by atoms with van der Waals surface area (Å²) in [5.41, 5.74) is 4.24. The van der Waals surface area contributed by atoms with Gasteiger partial charge in [0.05, 0.1) is 41.3 Å². The molecule has 0 unspecified atom stereocenters. The largest absolute Gasteiger partial charge is 0.390 e. The quantitative estimate of drug-likeness (QED) is 0.390. The average Bonchev–Trinajstić information content (AvgIpc) is 3.39. The van der Waals surface area contributed by atoms with Gasteiger partial charge in [0, 0.05) is 36.2 Å². The molecule has 2 aromatic carbocycles. The molecular weight excluding hydrogens is 569 g/mol. The Hall–Kier alpha value is -3.75. The first-order chi connectivity index (χ1) is 20.6. The fourth-order valence-electron chi connectivity index (χ4n) is 6.18. The predicted molar refractivity (Wildman–Crippen MR) is 163 cm³/mol. The highest BCUT2D eigenvalue weighted by Crippen LogP contribution is 2.43. The Bertz CT molecular complexity index is 1580. The molecule has 1 saturated carbocycles. The Balaban J connectivity index is 1.57. The minimum absolute atomic E-state index is 0.0382. The second-order valence-corrected chi connectivity index (χ2v) is 14.1. The van der Waals surface area contributed by atoms with Gasteiger partial charge in [-0.15, -0.1) is 0 Å². The lowest BCUT2D eigenvalue weighted by molar-refractivity contribution is -0.127. The van der Waals surface area contributed by atoms with E-state index < -0.39 is 21.8 Å². The number of benzene rings is 2. The van der Waals surface area contributed by atoms with E-state index in [9.17, 15) is 28.0 Å². The van der Waals surface area contributed by atoms with Gasteiger partial charge in [0.2, 0.25) is 5.91 Å². The third-order valence-electron chi connectivity index (χ3n) is 8.65. The summed E-state index contributed by atoms with van der Waals surface area (Å²) in [6.07, 6.45) is 3.17. The van der Waals surface area contributed by atoms with Crippen molar-refractivity contribution < 1.29 is 22.7 Å². The Morgan fingerprint density at radius 1 is 1.07 bits per heavy atom. The number of carbonyl (C=O) groups excluding carboxylic acids is 1. The van der Waals surface area contributed by atoms with E-state index in [1.54, 1.807) is 16.8 Å². The van der Waals surface area contributed by atoms with E-state index in [4.69, 9.17) is 5.10 Å². The summed E-state index contributed by atoms with van der Waals surface area (Å²) in [5, 5.41) is 28.2. The molecule has 0 radical (unpaired) electrons. The van der Waals surface area contributed by atoms with Crippen LogP contribution < -0.4 is 10.2 Å². The number of nitrogens with zero attached hydrogens (tertiary/aromatic N) is 4. The van der Waals surface area contributed by atoms with Crippen LogP contribution in [0.3, 0.4) is 0 Å². The molecule has 1 aliphatic carbocycles. The Labute approximate surface area is 252 Å². The standard InChI is InChI=1S/C32H38FN5O4S/c1-21(2)28(19-34)35-32(40)27-6-4-3-5-26(27)31-30(29(20-39)38(36-31)25-13-9-23(33)10-14-25)22-7-11-24(12-8-22)37-15-17-43(41,42)18-16-37/h7-14,21,26-28,39H,3-6,15-18,20H2,1-2H3,(H,35,40)/t26-,27-,28-/m1/s1. The third kappa shape index (κ3) is 6.60. The van der Waals surface area contributed by atoms with Crippen LogP contribution in [0.4, 0.5) is 10.1 Å². The van der Waals surface area contributed by atoms with Crippen molar-refractivity contribution >= 4 is 21.4 Å². The maximum absolute atomic E-state index is 13.8. The molecule has 1 saturated heterocycles. The van der Waals surface area contributed by atoms with E-state index >= 15 is 0 Å². The van der Waals surface area contributed by atoms with Crippen molar-refractivity contribution in [3.8, 4) is 22.9 Å². The number of nitrogens with one attached hydrogen (secondary N) is 1. The van der Waals surface area contributed by atoms with Gasteiger partial charge in [-0.2, -0.15) is 10.4 Å². The molecule has 5 rings (SSSR count). The van der Waals surface area contributed by atoms with Gasteiger partial charge >= 0.3 is 0 Å². The molecule has 0 spiro atoms. The van der Waals surface area contributed by atoms with Crippen LogP contribution in [0.2, 0.25) is 0 Å². The van der Waals surface area contributed by atoms with Crippen molar-refractivity contribution in [1.82, 2.24) is 15.1 Å². The molecular formula is C32H38FN5O4S. The molecule has 2 heterocycles.